The fraction of sp³-hybridized carbons (Fsp3) is 0.829. The van der Waals surface area contributed by atoms with Crippen LogP contribution in [0.5, 0.6) is 0 Å². The molecule has 19 heteroatoms. The van der Waals surface area contributed by atoms with Crippen molar-refractivity contribution in [3.8, 4) is 0 Å². The summed E-state index contributed by atoms with van der Waals surface area (Å²) in [6.07, 6.45) is 16.5. The van der Waals surface area contributed by atoms with Crippen LogP contribution in [-0.2, 0) is 47.7 Å². The number of halogens is 1. The smallest absolute Gasteiger partial charge is 0.326 e. The highest BCUT2D eigenvalue weighted by molar-refractivity contribution is 14.1. The van der Waals surface area contributed by atoms with Gasteiger partial charge in [-0.2, -0.15) is 0 Å². The van der Waals surface area contributed by atoms with Crippen molar-refractivity contribution < 1.29 is 62.7 Å². The highest BCUT2D eigenvalue weighted by atomic mass is 127. The summed E-state index contributed by atoms with van der Waals surface area (Å²) in [4.78, 5) is 84.0. The number of aliphatic carboxylic acids is 2. The molecule has 0 spiro atoms. The predicted octanol–water partition coefficient (Wildman–Crippen LogP) is 4.34. The van der Waals surface area contributed by atoms with Crippen LogP contribution in [0.25, 0.3) is 0 Å². The number of alkyl halides is 1. The molecule has 6 amide bonds. The second-order valence-electron chi connectivity index (χ2n) is 14.3. The monoisotopic (exact) mass is 971 g/mol. The SMILES string of the molecule is CC[C@@H](C(=O)O)N(C(=O)CCCCCCCCCCCCCCCCC(=O)O)C(=O)NCCOCCOCC(=O)NCCOCCOCC(=O)NCCCCNC(=O)CI. The summed E-state index contributed by atoms with van der Waals surface area (Å²) in [7, 11) is 0. The molecule has 60 heavy (non-hydrogen) atoms. The molecule has 0 radical (unpaired) electrons. The van der Waals surface area contributed by atoms with Crippen molar-refractivity contribution in [3.05, 3.63) is 0 Å². The Labute approximate surface area is 370 Å². The lowest BCUT2D eigenvalue weighted by molar-refractivity contribution is -0.147. The molecule has 0 bridgehead atoms. The van der Waals surface area contributed by atoms with Gasteiger partial charge in [0.15, 0.2) is 0 Å². The maximum atomic E-state index is 13.0. The molecule has 0 aliphatic carbocycles. The van der Waals surface area contributed by atoms with Gasteiger partial charge in [0.2, 0.25) is 23.6 Å². The Balaban J connectivity index is 3.93. The number of carboxylic acids is 2. The molecule has 0 aliphatic rings. The van der Waals surface area contributed by atoms with Gasteiger partial charge >= 0.3 is 18.0 Å². The first-order valence-electron chi connectivity index (χ1n) is 21.7. The number of hydrogen-bond acceptors (Lipinski definition) is 11. The van der Waals surface area contributed by atoms with Gasteiger partial charge in [0.1, 0.15) is 19.3 Å². The number of imide groups is 1. The van der Waals surface area contributed by atoms with Crippen LogP contribution in [-0.4, -0.2) is 146 Å². The van der Waals surface area contributed by atoms with E-state index in [0.717, 1.165) is 69.1 Å². The Morgan fingerprint density at radius 3 is 1.33 bits per heavy atom. The Kier molecular flexibility index (Phi) is 39.1. The van der Waals surface area contributed by atoms with Crippen LogP contribution in [0.15, 0.2) is 0 Å². The molecular weight excluding hydrogens is 897 g/mol. The van der Waals surface area contributed by atoms with Crippen LogP contribution in [0, 0.1) is 0 Å². The molecule has 6 N–H and O–H groups in total. The summed E-state index contributed by atoms with van der Waals surface area (Å²) in [5.74, 6) is -3.06. The highest BCUT2D eigenvalue weighted by Crippen LogP contribution is 2.15. The number of carbonyl (C=O) groups excluding carboxylic acids is 5. The highest BCUT2D eigenvalue weighted by Gasteiger charge is 2.33. The lowest BCUT2D eigenvalue weighted by Gasteiger charge is -2.26. The van der Waals surface area contributed by atoms with E-state index in [1.807, 2.05) is 22.6 Å². The molecular formula is C41H74IN5O13. The molecule has 18 nitrogen and oxygen atoms in total. The van der Waals surface area contributed by atoms with Gasteiger partial charge in [-0.3, -0.25) is 24.0 Å². The van der Waals surface area contributed by atoms with Crippen molar-refractivity contribution in [2.45, 2.75) is 135 Å². The Hall–Kier alpha value is -3.14. The summed E-state index contributed by atoms with van der Waals surface area (Å²) in [6.45, 7) is 3.85. The topological polar surface area (TPSA) is 248 Å². The van der Waals surface area contributed by atoms with Crippen LogP contribution in [0.1, 0.15) is 129 Å². The van der Waals surface area contributed by atoms with Crippen molar-refractivity contribution in [2.24, 2.45) is 0 Å². The van der Waals surface area contributed by atoms with Gasteiger partial charge in [-0.15, -0.1) is 0 Å². The zero-order valence-electron chi connectivity index (χ0n) is 35.9. The number of unbranched alkanes of at least 4 members (excludes halogenated alkanes) is 14. The lowest BCUT2D eigenvalue weighted by Crippen LogP contribution is -2.52. The fourth-order valence-corrected chi connectivity index (χ4v) is 6.16. The van der Waals surface area contributed by atoms with Crippen molar-refractivity contribution >= 4 is 64.2 Å². The first kappa shape index (κ1) is 56.9. The Morgan fingerprint density at radius 1 is 0.500 bits per heavy atom. The lowest BCUT2D eigenvalue weighted by atomic mass is 10.0. The number of carboxylic acid groups (broad SMARTS) is 2. The van der Waals surface area contributed by atoms with Gasteiger partial charge in [-0.25, -0.2) is 14.5 Å². The predicted molar refractivity (Wildman–Crippen MR) is 234 cm³/mol. The van der Waals surface area contributed by atoms with E-state index in [-0.39, 0.29) is 103 Å². The third-order valence-corrected chi connectivity index (χ3v) is 9.87. The average Bonchev–Trinajstić information content (AvgIpc) is 3.22. The number of rotatable bonds is 42. The molecule has 348 valence electrons. The van der Waals surface area contributed by atoms with E-state index in [1.165, 1.54) is 32.1 Å². The minimum atomic E-state index is -1.27. The quantitative estimate of drug-likeness (QED) is 0.0284. The van der Waals surface area contributed by atoms with E-state index in [0.29, 0.717) is 23.9 Å². The van der Waals surface area contributed by atoms with Crippen LogP contribution in [0.2, 0.25) is 0 Å². The molecule has 0 aliphatic heterocycles. The average molecular weight is 972 g/mol. The van der Waals surface area contributed by atoms with Gasteiger partial charge in [-0.1, -0.05) is 107 Å². The van der Waals surface area contributed by atoms with E-state index in [9.17, 15) is 38.7 Å². The van der Waals surface area contributed by atoms with Crippen LogP contribution >= 0.6 is 22.6 Å². The van der Waals surface area contributed by atoms with Crippen LogP contribution in [0.4, 0.5) is 4.79 Å². The maximum Gasteiger partial charge on any atom is 0.326 e. The van der Waals surface area contributed by atoms with E-state index in [1.54, 1.807) is 6.92 Å². The zero-order valence-corrected chi connectivity index (χ0v) is 38.1. The molecule has 0 saturated carbocycles. The van der Waals surface area contributed by atoms with Crippen molar-refractivity contribution in [1.82, 2.24) is 26.2 Å². The molecule has 0 heterocycles. The van der Waals surface area contributed by atoms with Gasteiger partial charge in [-0.05, 0) is 32.1 Å². The summed E-state index contributed by atoms with van der Waals surface area (Å²) >= 11 is 2.00. The molecule has 0 rings (SSSR count). The number of hydrogen-bond donors (Lipinski definition) is 6. The van der Waals surface area contributed by atoms with E-state index >= 15 is 0 Å². The number of amides is 6. The van der Waals surface area contributed by atoms with Gasteiger partial charge in [0.05, 0.1) is 44.1 Å². The number of urea groups is 1. The maximum absolute atomic E-state index is 13.0. The fourth-order valence-electron chi connectivity index (χ4n) is 5.89. The van der Waals surface area contributed by atoms with Crippen molar-refractivity contribution in [1.29, 1.82) is 0 Å². The van der Waals surface area contributed by atoms with E-state index in [2.05, 4.69) is 21.3 Å². The second-order valence-corrected chi connectivity index (χ2v) is 15.1. The Morgan fingerprint density at radius 2 is 0.900 bits per heavy atom. The van der Waals surface area contributed by atoms with Gasteiger partial charge in [0.25, 0.3) is 0 Å². The van der Waals surface area contributed by atoms with Crippen LogP contribution in [0.3, 0.4) is 0 Å². The Bertz CT molecular complexity index is 1180. The third kappa shape index (κ3) is 35.6. The largest absolute Gasteiger partial charge is 0.481 e. The molecule has 0 aromatic heterocycles. The number of ether oxygens (including phenoxy) is 4. The molecule has 0 saturated heterocycles. The van der Waals surface area contributed by atoms with E-state index in [4.69, 9.17) is 24.1 Å². The van der Waals surface area contributed by atoms with Gasteiger partial charge < -0.3 is 50.4 Å². The van der Waals surface area contributed by atoms with Crippen molar-refractivity contribution in [3.63, 3.8) is 0 Å². The molecule has 1 atom stereocenters. The summed E-state index contributed by atoms with van der Waals surface area (Å²) in [5, 5.41) is 29.1. The summed E-state index contributed by atoms with van der Waals surface area (Å²) < 4.78 is 21.8. The summed E-state index contributed by atoms with van der Waals surface area (Å²) in [6, 6.07) is -2.04. The third-order valence-electron chi connectivity index (χ3n) is 9.17. The second kappa shape index (κ2) is 41.2. The minimum absolute atomic E-state index is 0.00439. The zero-order chi connectivity index (χ0) is 44.5. The molecule has 0 fully saturated rings. The van der Waals surface area contributed by atoms with Crippen molar-refractivity contribution in [2.75, 3.05) is 83.5 Å². The standard InChI is InChI=1S/C41H74IN5O13/c1-2-34(40(54)55)47(38(51)19-15-13-11-9-7-5-3-4-6-8-10-12-14-16-20-39(52)53)41(56)46-24-26-58-28-30-60-33-37(50)45-23-25-57-27-29-59-32-36(49)44-22-18-17-21-43-35(48)31-42/h34H,2-33H2,1H3,(H,43,48)(H,44,49)(H,45,50)(H,46,56)(H,52,53)(H,54,55)/t34-/m0/s1. The number of nitrogens with zero attached hydrogens (tertiary/aromatic N) is 1. The minimum Gasteiger partial charge on any atom is -0.481 e. The first-order chi connectivity index (χ1) is 29.0. The number of nitrogens with one attached hydrogen (secondary N) is 4. The molecule has 0 aromatic carbocycles. The first-order valence-corrected chi connectivity index (χ1v) is 23.3. The summed E-state index contributed by atoms with van der Waals surface area (Å²) in [5.41, 5.74) is 0. The molecule has 0 aromatic rings. The molecule has 0 unspecified atom stereocenters. The number of carbonyl (C=O) groups is 7. The van der Waals surface area contributed by atoms with E-state index < -0.39 is 29.9 Å². The normalized spacial score (nSPS) is 11.4. The van der Waals surface area contributed by atoms with Crippen LogP contribution < -0.4 is 21.3 Å². The van der Waals surface area contributed by atoms with Gasteiger partial charge in [0, 0.05) is 39.0 Å².